The molecule has 1 heterocycles. The first-order valence-electron chi connectivity index (χ1n) is 6.34. The van der Waals surface area contributed by atoms with Crippen molar-refractivity contribution in [1.82, 2.24) is 15.0 Å². The number of rotatable bonds is 4. The van der Waals surface area contributed by atoms with E-state index < -0.39 is 0 Å². The molecule has 0 aliphatic heterocycles. The van der Waals surface area contributed by atoms with Crippen molar-refractivity contribution in [3.8, 4) is 6.01 Å². The lowest BCUT2D eigenvalue weighted by molar-refractivity contribution is 0.379. The Balaban J connectivity index is 2.44. The molecule has 0 saturated heterocycles. The predicted molar refractivity (Wildman–Crippen MR) is 79.9 cm³/mol. The van der Waals surface area contributed by atoms with Gasteiger partial charge in [0.25, 0.3) is 0 Å². The molecule has 20 heavy (non-hydrogen) atoms. The molecule has 6 nitrogen and oxygen atoms in total. The molecule has 1 N–H and O–H groups in total. The zero-order valence-electron chi connectivity index (χ0n) is 12.4. The van der Waals surface area contributed by atoms with Crippen LogP contribution in [0.5, 0.6) is 6.01 Å². The lowest BCUT2D eigenvalue weighted by Crippen LogP contribution is -2.16. The summed E-state index contributed by atoms with van der Waals surface area (Å²) in [6.07, 6.45) is 0. The molecule has 0 radical (unpaired) electrons. The van der Waals surface area contributed by atoms with Crippen LogP contribution in [0, 0.1) is 13.8 Å². The number of hydrogen-bond donors (Lipinski definition) is 1. The Labute approximate surface area is 118 Å². The average Bonchev–Trinajstić information content (AvgIpc) is 2.46. The van der Waals surface area contributed by atoms with Gasteiger partial charge in [-0.2, -0.15) is 15.0 Å². The van der Waals surface area contributed by atoms with Crippen molar-refractivity contribution in [1.29, 1.82) is 0 Å². The van der Waals surface area contributed by atoms with Crippen LogP contribution in [0.2, 0.25) is 0 Å². The molecule has 0 spiro atoms. The molecule has 106 valence electrons. The number of nitrogens with one attached hydrogen (secondary N) is 1. The molecular formula is C14H19N5O. The number of aromatic nitrogens is 3. The van der Waals surface area contributed by atoms with E-state index in [1.54, 1.807) is 7.05 Å². The van der Waals surface area contributed by atoms with Gasteiger partial charge in [0.1, 0.15) is 0 Å². The first-order valence-corrected chi connectivity index (χ1v) is 6.34. The van der Waals surface area contributed by atoms with Crippen molar-refractivity contribution in [2.75, 3.05) is 31.4 Å². The van der Waals surface area contributed by atoms with Crippen molar-refractivity contribution < 1.29 is 4.74 Å². The summed E-state index contributed by atoms with van der Waals surface area (Å²) in [7, 11) is 5.22. The number of anilines is 3. The summed E-state index contributed by atoms with van der Waals surface area (Å²) in [5, 5.41) is 2.90. The monoisotopic (exact) mass is 273 g/mol. The average molecular weight is 273 g/mol. The molecule has 2 rings (SSSR count). The highest BCUT2D eigenvalue weighted by atomic mass is 16.5. The highest BCUT2D eigenvalue weighted by Gasteiger charge is 2.13. The normalized spacial score (nSPS) is 10.2. The van der Waals surface area contributed by atoms with Gasteiger partial charge in [-0.05, 0) is 25.5 Å². The van der Waals surface area contributed by atoms with Crippen LogP contribution >= 0.6 is 0 Å². The van der Waals surface area contributed by atoms with Gasteiger partial charge in [-0.3, -0.25) is 0 Å². The zero-order chi connectivity index (χ0) is 14.7. The minimum atomic E-state index is 0.288. The molecule has 0 aliphatic rings. The Bertz CT molecular complexity index is 592. The maximum atomic E-state index is 5.10. The van der Waals surface area contributed by atoms with Gasteiger partial charge in [-0.1, -0.05) is 17.7 Å². The maximum absolute atomic E-state index is 5.10. The van der Waals surface area contributed by atoms with Gasteiger partial charge in [0.05, 0.1) is 7.11 Å². The van der Waals surface area contributed by atoms with Crippen molar-refractivity contribution in [3.63, 3.8) is 0 Å². The molecular weight excluding hydrogens is 254 g/mol. The number of benzene rings is 1. The minimum absolute atomic E-state index is 0.288. The standard InChI is InChI=1S/C14H19N5O/c1-9-6-7-11(10(2)8-9)19(4)13-16-12(15-3)17-14(18-13)20-5/h6-8H,1-5H3,(H,15,16,17,18). The predicted octanol–water partition coefficient (Wildman–Crippen LogP) is 2.31. The van der Waals surface area contributed by atoms with Gasteiger partial charge < -0.3 is 15.0 Å². The Hall–Kier alpha value is -2.37. The Morgan fingerprint density at radius 3 is 2.50 bits per heavy atom. The number of ether oxygens (including phenoxy) is 1. The fraction of sp³-hybridized carbons (Fsp3) is 0.357. The summed E-state index contributed by atoms with van der Waals surface area (Å²) in [6, 6.07) is 6.54. The van der Waals surface area contributed by atoms with E-state index >= 15 is 0 Å². The first kappa shape index (κ1) is 14.0. The third-order valence-corrected chi connectivity index (χ3v) is 3.02. The highest BCUT2D eigenvalue weighted by molar-refractivity contribution is 5.62. The molecule has 0 amide bonds. The molecule has 2 aromatic rings. The molecule has 0 atom stereocenters. The molecule has 0 bridgehead atoms. The third kappa shape index (κ3) is 2.79. The van der Waals surface area contributed by atoms with Gasteiger partial charge in [0.2, 0.25) is 11.9 Å². The molecule has 0 saturated carbocycles. The van der Waals surface area contributed by atoms with Crippen LogP contribution in [0.25, 0.3) is 0 Å². The molecule has 0 fully saturated rings. The molecule has 1 aromatic heterocycles. The highest BCUT2D eigenvalue weighted by Crippen LogP contribution is 2.26. The zero-order valence-corrected chi connectivity index (χ0v) is 12.4. The summed E-state index contributed by atoms with van der Waals surface area (Å²) < 4.78 is 5.10. The Kier molecular flexibility index (Phi) is 4.02. The maximum Gasteiger partial charge on any atom is 0.322 e. The van der Waals surface area contributed by atoms with E-state index in [2.05, 4.69) is 52.3 Å². The SMILES string of the molecule is CNc1nc(OC)nc(N(C)c2ccc(C)cc2C)n1. The number of methoxy groups -OCH3 is 1. The summed E-state index contributed by atoms with van der Waals surface area (Å²) in [5.41, 5.74) is 3.44. The fourth-order valence-electron chi connectivity index (χ4n) is 1.99. The van der Waals surface area contributed by atoms with E-state index in [0.717, 1.165) is 11.3 Å². The van der Waals surface area contributed by atoms with Crippen LogP contribution in [0.4, 0.5) is 17.6 Å². The Morgan fingerprint density at radius 1 is 1.15 bits per heavy atom. The fourth-order valence-corrected chi connectivity index (χ4v) is 1.99. The van der Waals surface area contributed by atoms with E-state index in [1.807, 2.05) is 11.9 Å². The van der Waals surface area contributed by atoms with E-state index in [9.17, 15) is 0 Å². The van der Waals surface area contributed by atoms with E-state index in [0.29, 0.717) is 11.9 Å². The number of nitrogens with zero attached hydrogens (tertiary/aromatic N) is 4. The smallest absolute Gasteiger partial charge is 0.322 e. The lowest BCUT2D eigenvalue weighted by atomic mass is 10.1. The van der Waals surface area contributed by atoms with Gasteiger partial charge in [0.15, 0.2) is 0 Å². The largest absolute Gasteiger partial charge is 0.467 e. The molecule has 1 aromatic carbocycles. The summed E-state index contributed by atoms with van der Waals surface area (Å²) >= 11 is 0. The van der Waals surface area contributed by atoms with Gasteiger partial charge in [-0.25, -0.2) is 0 Å². The quantitative estimate of drug-likeness (QED) is 0.922. The van der Waals surface area contributed by atoms with Crippen molar-refractivity contribution in [3.05, 3.63) is 29.3 Å². The van der Waals surface area contributed by atoms with Gasteiger partial charge in [-0.15, -0.1) is 0 Å². The molecule has 0 unspecified atom stereocenters. The second-order valence-electron chi connectivity index (χ2n) is 4.54. The van der Waals surface area contributed by atoms with E-state index in [4.69, 9.17) is 4.74 Å². The van der Waals surface area contributed by atoms with Crippen molar-refractivity contribution in [2.24, 2.45) is 0 Å². The van der Waals surface area contributed by atoms with Crippen molar-refractivity contribution >= 4 is 17.6 Å². The topological polar surface area (TPSA) is 63.2 Å². The molecule has 0 aliphatic carbocycles. The van der Waals surface area contributed by atoms with Crippen molar-refractivity contribution in [2.45, 2.75) is 13.8 Å². The number of aryl methyl sites for hydroxylation is 2. The second-order valence-corrected chi connectivity index (χ2v) is 4.54. The summed E-state index contributed by atoms with van der Waals surface area (Å²) in [6.45, 7) is 4.14. The van der Waals surface area contributed by atoms with Crippen LogP contribution in [0.3, 0.4) is 0 Å². The van der Waals surface area contributed by atoms with Gasteiger partial charge >= 0.3 is 6.01 Å². The third-order valence-electron chi connectivity index (χ3n) is 3.02. The van der Waals surface area contributed by atoms with Crippen LogP contribution in [0.1, 0.15) is 11.1 Å². The molecule has 6 heteroatoms. The number of hydrogen-bond acceptors (Lipinski definition) is 6. The van der Waals surface area contributed by atoms with Crippen LogP contribution in [-0.4, -0.2) is 36.2 Å². The second kappa shape index (κ2) is 5.73. The van der Waals surface area contributed by atoms with Crippen LogP contribution < -0.4 is 15.0 Å². The summed E-state index contributed by atoms with van der Waals surface area (Å²) in [5.74, 6) is 1.01. The van der Waals surface area contributed by atoms with E-state index in [-0.39, 0.29) is 6.01 Å². The minimum Gasteiger partial charge on any atom is -0.467 e. The Morgan fingerprint density at radius 2 is 1.90 bits per heavy atom. The van der Waals surface area contributed by atoms with Gasteiger partial charge in [0, 0.05) is 19.8 Å². The van der Waals surface area contributed by atoms with E-state index in [1.165, 1.54) is 12.7 Å². The van der Waals surface area contributed by atoms with Crippen LogP contribution in [0.15, 0.2) is 18.2 Å². The summed E-state index contributed by atoms with van der Waals surface area (Å²) in [4.78, 5) is 14.7. The van der Waals surface area contributed by atoms with Crippen LogP contribution in [-0.2, 0) is 0 Å². The lowest BCUT2D eigenvalue weighted by Gasteiger charge is -2.20. The first-order chi connectivity index (χ1) is 9.55.